The van der Waals surface area contributed by atoms with E-state index < -0.39 is 0 Å². The minimum atomic E-state index is 0.898. The Morgan fingerprint density at radius 1 is 1.29 bits per heavy atom. The second kappa shape index (κ2) is 5.81. The molecule has 112 valence electrons. The summed E-state index contributed by atoms with van der Waals surface area (Å²) >= 11 is 3.73. The van der Waals surface area contributed by atoms with Gasteiger partial charge in [-0.1, -0.05) is 19.1 Å². The van der Waals surface area contributed by atoms with Crippen LogP contribution in [-0.2, 0) is 32.6 Å². The zero-order valence-corrected chi connectivity index (χ0v) is 14.2. The van der Waals surface area contributed by atoms with Gasteiger partial charge in [0.15, 0.2) is 0 Å². The Labute approximate surface area is 134 Å². The summed E-state index contributed by atoms with van der Waals surface area (Å²) in [5.74, 6) is 0. The van der Waals surface area contributed by atoms with Crippen molar-refractivity contribution >= 4 is 21.6 Å². The minimum Gasteiger partial charge on any atom is -0.398 e. The first-order chi connectivity index (χ1) is 10.1. The van der Waals surface area contributed by atoms with Crippen molar-refractivity contribution in [3.05, 3.63) is 45.2 Å². The molecule has 5 heteroatoms. The van der Waals surface area contributed by atoms with Gasteiger partial charge in [-0.3, -0.25) is 9.58 Å². The molecule has 21 heavy (non-hydrogen) atoms. The number of aromatic nitrogens is 2. The summed E-state index contributed by atoms with van der Waals surface area (Å²) < 4.78 is 3.27. The van der Waals surface area contributed by atoms with E-state index in [1.54, 1.807) is 0 Å². The molecule has 0 fully saturated rings. The third kappa shape index (κ3) is 2.60. The highest BCUT2D eigenvalue weighted by Crippen LogP contribution is 2.31. The number of fused-ring (bicyclic) bond motifs is 1. The lowest BCUT2D eigenvalue weighted by Gasteiger charge is -2.16. The largest absolute Gasteiger partial charge is 0.398 e. The summed E-state index contributed by atoms with van der Waals surface area (Å²) in [5.41, 5.74) is 12.0. The Bertz CT molecular complexity index is 663. The van der Waals surface area contributed by atoms with Gasteiger partial charge in [0, 0.05) is 31.9 Å². The molecule has 3 rings (SSSR count). The molecule has 0 unspecified atom stereocenters. The van der Waals surface area contributed by atoms with Crippen LogP contribution in [0.3, 0.4) is 0 Å². The molecule has 1 aromatic heterocycles. The van der Waals surface area contributed by atoms with Gasteiger partial charge in [0.1, 0.15) is 0 Å². The second-order valence-electron chi connectivity index (χ2n) is 5.51. The van der Waals surface area contributed by atoms with Crippen LogP contribution in [0.4, 0.5) is 5.69 Å². The molecule has 4 nitrogen and oxygen atoms in total. The summed E-state index contributed by atoms with van der Waals surface area (Å²) in [6.07, 6.45) is 0.952. The molecule has 0 aliphatic carbocycles. The Hall–Kier alpha value is -1.33. The average molecular weight is 349 g/mol. The van der Waals surface area contributed by atoms with Crippen LogP contribution in [0.5, 0.6) is 0 Å². The lowest BCUT2D eigenvalue weighted by atomic mass is 10.1. The van der Waals surface area contributed by atoms with Crippen molar-refractivity contribution in [1.82, 2.24) is 14.7 Å². The van der Waals surface area contributed by atoms with Gasteiger partial charge in [-0.2, -0.15) is 5.10 Å². The van der Waals surface area contributed by atoms with Crippen molar-refractivity contribution in [3.63, 3.8) is 0 Å². The van der Waals surface area contributed by atoms with Gasteiger partial charge < -0.3 is 5.73 Å². The normalized spacial score (nSPS) is 14.6. The van der Waals surface area contributed by atoms with Gasteiger partial charge in [0.2, 0.25) is 0 Å². The fourth-order valence-electron chi connectivity index (χ4n) is 3.01. The lowest BCUT2D eigenvalue weighted by Crippen LogP contribution is -2.19. The van der Waals surface area contributed by atoms with Crippen LogP contribution in [0.2, 0.25) is 0 Å². The molecule has 0 saturated heterocycles. The predicted molar refractivity (Wildman–Crippen MR) is 88.8 cm³/mol. The number of nitrogens with zero attached hydrogens (tertiary/aromatic N) is 3. The maximum Gasteiger partial charge on any atom is 0.0767 e. The number of nitrogens with two attached hydrogens (primary N) is 1. The minimum absolute atomic E-state index is 0.898. The topological polar surface area (TPSA) is 47.1 Å². The number of benzene rings is 1. The Morgan fingerprint density at radius 3 is 2.76 bits per heavy atom. The van der Waals surface area contributed by atoms with E-state index in [4.69, 9.17) is 5.73 Å². The SMILES string of the molecule is CCc1nn(CC)c(CN2Cc3cccc(N)c3C2)c1Br. The zero-order valence-electron chi connectivity index (χ0n) is 12.6. The molecule has 0 spiro atoms. The van der Waals surface area contributed by atoms with Crippen LogP contribution in [0.1, 0.15) is 36.4 Å². The van der Waals surface area contributed by atoms with Gasteiger partial charge in [-0.05, 0) is 46.5 Å². The standard InChI is InChI=1S/C16H21BrN4/c1-3-14-16(17)15(21(4-2)19-14)10-20-8-11-6-5-7-13(18)12(11)9-20/h5-7H,3-4,8-10,18H2,1-2H3. The molecule has 0 radical (unpaired) electrons. The van der Waals surface area contributed by atoms with E-state index >= 15 is 0 Å². The molecule has 0 atom stereocenters. The quantitative estimate of drug-likeness (QED) is 0.862. The van der Waals surface area contributed by atoms with Crippen molar-refractivity contribution in [2.75, 3.05) is 5.73 Å². The smallest absolute Gasteiger partial charge is 0.0767 e. The second-order valence-corrected chi connectivity index (χ2v) is 6.30. The van der Waals surface area contributed by atoms with Gasteiger partial charge in [-0.15, -0.1) is 0 Å². The fraction of sp³-hybridized carbons (Fsp3) is 0.438. The van der Waals surface area contributed by atoms with Crippen molar-refractivity contribution in [2.24, 2.45) is 0 Å². The Kier molecular flexibility index (Phi) is 4.04. The number of hydrogen-bond acceptors (Lipinski definition) is 3. The van der Waals surface area contributed by atoms with E-state index in [9.17, 15) is 0 Å². The number of aryl methyl sites for hydroxylation is 2. The Balaban J connectivity index is 1.83. The summed E-state index contributed by atoms with van der Waals surface area (Å²) in [5, 5.41) is 4.67. The van der Waals surface area contributed by atoms with E-state index in [-0.39, 0.29) is 0 Å². The monoisotopic (exact) mass is 348 g/mol. The lowest BCUT2D eigenvalue weighted by molar-refractivity contribution is 0.266. The van der Waals surface area contributed by atoms with Crippen molar-refractivity contribution in [3.8, 4) is 0 Å². The number of rotatable bonds is 4. The summed E-state index contributed by atoms with van der Waals surface area (Å²) in [4.78, 5) is 2.42. The van der Waals surface area contributed by atoms with Gasteiger partial charge in [-0.25, -0.2) is 0 Å². The highest BCUT2D eigenvalue weighted by Gasteiger charge is 2.23. The molecule has 1 aliphatic rings. The summed E-state index contributed by atoms with van der Waals surface area (Å²) in [7, 11) is 0. The zero-order chi connectivity index (χ0) is 15.0. The van der Waals surface area contributed by atoms with Crippen LogP contribution in [0, 0.1) is 0 Å². The molecule has 0 saturated carbocycles. The van der Waals surface area contributed by atoms with Gasteiger partial charge in [0.25, 0.3) is 0 Å². The van der Waals surface area contributed by atoms with E-state index in [1.165, 1.54) is 16.8 Å². The fourth-order valence-corrected chi connectivity index (χ4v) is 3.70. The molecule has 2 aromatic rings. The first-order valence-electron chi connectivity index (χ1n) is 7.46. The average Bonchev–Trinajstić information content (AvgIpc) is 3.02. The number of nitrogen functional groups attached to an aromatic ring is 1. The van der Waals surface area contributed by atoms with Crippen molar-refractivity contribution < 1.29 is 0 Å². The predicted octanol–water partition coefficient (Wildman–Crippen LogP) is 3.33. The van der Waals surface area contributed by atoms with Crippen molar-refractivity contribution in [2.45, 2.75) is 46.4 Å². The van der Waals surface area contributed by atoms with Crippen LogP contribution < -0.4 is 5.73 Å². The molecular formula is C16H21BrN4. The molecule has 2 heterocycles. The molecule has 1 aliphatic heterocycles. The van der Waals surface area contributed by atoms with E-state index in [0.29, 0.717) is 0 Å². The number of halogens is 1. The first-order valence-corrected chi connectivity index (χ1v) is 8.26. The maximum absolute atomic E-state index is 6.09. The van der Waals surface area contributed by atoms with E-state index in [0.717, 1.165) is 48.5 Å². The third-order valence-corrected chi connectivity index (χ3v) is 5.07. The highest BCUT2D eigenvalue weighted by atomic mass is 79.9. The molecular weight excluding hydrogens is 328 g/mol. The molecule has 1 aromatic carbocycles. The Morgan fingerprint density at radius 2 is 2.10 bits per heavy atom. The van der Waals surface area contributed by atoms with E-state index in [2.05, 4.69) is 50.5 Å². The van der Waals surface area contributed by atoms with Gasteiger partial charge in [0.05, 0.1) is 15.9 Å². The third-order valence-electron chi connectivity index (χ3n) is 4.15. The maximum atomic E-state index is 6.09. The molecule has 2 N–H and O–H groups in total. The van der Waals surface area contributed by atoms with Gasteiger partial charge >= 0.3 is 0 Å². The number of anilines is 1. The summed E-state index contributed by atoms with van der Waals surface area (Å²) in [6, 6.07) is 6.21. The highest BCUT2D eigenvalue weighted by molar-refractivity contribution is 9.10. The molecule has 0 amide bonds. The molecule has 0 bridgehead atoms. The van der Waals surface area contributed by atoms with Crippen LogP contribution >= 0.6 is 15.9 Å². The first kappa shape index (κ1) is 14.6. The van der Waals surface area contributed by atoms with E-state index in [1.807, 2.05) is 12.1 Å². The van der Waals surface area contributed by atoms with Crippen molar-refractivity contribution in [1.29, 1.82) is 0 Å². The van der Waals surface area contributed by atoms with Crippen LogP contribution in [-0.4, -0.2) is 14.7 Å². The van der Waals surface area contributed by atoms with Crippen LogP contribution in [0.25, 0.3) is 0 Å². The number of hydrogen-bond donors (Lipinski definition) is 1. The summed E-state index contributed by atoms with van der Waals surface area (Å²) in [6.45, 7) is 7.96. The van der Waals surface area contributed by atoms with Crippen LogP contribution in [0.15, 0.2) is 22.7 Å².